The highest BCUT2D eigenvalue weighted by Gasteiger charge is 2.25. The second-order valence-electron chi connectivity index (χ2n) is 6.21. The molecule has 1 saturated carbocycles. The average Bonchev–Trinajstić information content (AvgIpc) is 2.99. The number of aryl methyl sites for hydroxylation is 1. The molecule has 0 bridgehead atoms. The fourth-order valence-corrected chi connectivity index (χ4v) is 4.48. The number of carbonyl (C=O) groups is 1. The molecule has 0 radical (unpaired) electrons. The lowest BCUT2D eigenvalue weighted by molar-refractivity contribution is -0.119. The Kier molecular flexibility index (Phi) is 3.92. The van der Waals surface area contributed by atoms with E-state index < -0.39 is 0 Å². The number of pyridine rings is 1. The van der Waals surface area contributed by atoms with Crippen molar-refractivity contribution in [3.05, 3.63) is 29.8 Å². The van der Waals surface area contributed by atoms with Crippen molar-refractivity contribution < 1.29 is 9.53 Å². The number of aromatic nitrogens is 3. The van der Waals surface area contributed by atoms with Crippen LogP contribution in [0.5, 0.6) is 5.75 Å². The molecule has 4 rings (SSSR count). The van der Waals surface area contributed by atoms with Gasteiger partial charge in [-0.05, 0) is 43.5 Å². The zero-order valence-electron chi connectivity index (χ0n) is 13.8. The van der Waals surface area contributed by atoms with Crippen molar-refractivity contribution in [3.63, 3.8) is 0 Å². The molecule has 1 aliphatic rings. The Balaban J connectivity index is 1.87. The lowest BCUT2D eigenvalue weighted by Gasteiger charge is -2.19. The van der Waals surface area contributed by atoms with Crippen LogP contribution in [-0.2, 0) is 4.79 Å². The monoisotopic (exact) mass is 341 g/mol. The standard InChI is InChI=1S/C18H19N3O2S/c1-11-9-17-19-20-18(24-16-6-4-3-5-15(16)22)21(17)14-10-12(23-2)7-8-13(11)14/h7-10,16H,3-6H2,1-2H3/t16-/m0/s1. The highest BCUT2D eigenvalue weighted by atomic mass is 32.2. The summed E-state index contributed by atoms with van der Waals surface area (Å²) in [5, 5.41) is 10.6. The lowest BCUT2D eigenvalue weighted by atomic mass is 9.99. The Labute approximate surface area is 144 Å². The number of fused-ring (bicyclic) bond motifs is 3. The van der Waals surface area contributed by atoms with Gasteiger partial charge in [-0.2, -0.15) is 0 Å². The third kappa shape index (κ3) is 2.55. The molecule has 2 heterocycles. The number of benzene rings is 1. The molecule has 6 heteroatoms. The molecule has 1 atom stereocenters. The summed E-state index contributed by atoms with van der Waals surface area (Å²) in [6.07, 6.45) is 3.72. The van der Waals surface area contributed by atoms with E-state index in [1.807, 2.05) is 22.6 Å². The molecule has 0 amide bonds. The first-order valence-electron chi connectivity index (χ1n) is 8.19. The summed E-state index contributed by atoms with van der Waals surface area (Å²) in [5.74, 6) is 1.13. The first-order valence-corrected chi connectivity index (χ1v) is 9.07. The minimum atomic E-state index is -0.00638. The zero-order chi connectivity index (χ0) is 16.7. The van der Waals surface area contributed by atoms with Gasteiger partial charge in [0.25, 0.3) is 0 Å². The van der Waals surface area contributed by atoms with Crippen molar-refractivity contribution in [2.75, 3.05) is 7.11 Å². The van der Waals surface area contributed by atoms with Crippen molar-refractivity contribution in [3.8, 4) is 5.75 Å². The Morgan fingerprint density at radius 2 is 2.12 bits per heavy atom. The van der Waals surface area contributed by atoms with E-state index in [-0.39, 0.29) is 5.25 Å². The van der Waals surface area contributed by atoms with Gasteiger partial charge in [-0.3, -0.25) is 9.20 Å². The first kappa shape index (κ1) is 15.4. The number of Topliss-reactive ketones (excluding diaryl/α,β-unsaturated/α-hetero) is 1. The fourth-order valence-electron chi connectivity index (χ4n) is 3.31. The number of nitrogens with zero attached hydrogens (tertiary/aromatic N) is 3. The van der Waals surface area contributed by atoms with Crippen molar-refractivity contribution in [2.24, 2.45) is 0 Å². The molecular weight excluding hydrogens is 322 g/mol. The van der Waals surface area contributed by atoms with Gasteiger partial charge in [0.2, 0.25) is 0 Å². The molecule has 0 unspecified atom stereocenters. The summed E-state index contributed by atoms with van der Waals surface area (Å²) >= 11 is 1.54. The summed E-state index contributed by atoms with van der Waals surface area (Å²) in [6, 6.07) is 8.06. The van der Waals surface area contributed by atoms with Gasteiger partial charge in [0.15, 0.2) is 10.8 Å². The first-order chi connectivity index (χ1) is 11.7. The Hall–Kier alpha value is -2.08. The van der Waals surface area contributed by atoms with E-state index in [2.05, 4.69) is 23.2 Å². The molecule has 1 aromatic carbocycles. The maximum absolute atomic E-state index is 12.2. The Bertz CT molecular complexity index is 935. The van der Waals surface area contributed by atoms with Crippen LogP contribution in [0.2, 0.25) is 0 Å². The summed E-state index contributed by atoms with van der Waals surface area (Å²) < 4.78 is 7.42. The number of carbonyl (C=O) groups excluding carboxylic acids is 1. The number of hydrogen-bond donors (Lipinski definition) is 0. The van der Waals surface area contributed by atoms with Gasteiger partial charge in [-0.25, -0.2) is 0 Å². The predicted molar refractivity (Wildman–Crippen MR) is 94.9 cm³/mol. The maximum Gasteiger partial charge on any atom is 0.196 e. The largest absolute Gasteiger partial charge is 0.497 e. The van der Waals surface area contributed by atoms with Crippen LogP contribution in [0.15, 0.2) is 29.4 Å². The molecule has 5 nitrogen and oxygen atoms in total. The topological polar surface area (TPSA) is 56.5 Å². The van der Waals surface area contributed by atoms with E-state index >= 15 is 0 Å². The molecule has 124 valence electrons. The van der Waals surface area contributed by atoms with Crippen LogP contribution < -0.4 is 4.74 Å². The minimum Gasteiger partial charge on any atom is -0.497 e. The molecule has 1 fully saturated rings. The zero-order valence-corrected chi connectivity index (χ0v) is 14.6. The number of rotatable bonds is 3. The number of ether oxygens (including phenoxy) is 1. The van der Waals surface area contributed by atoms with Crippen molar-refractivity contribution in [1.29, 1.82) is 0 Å². The Morgan fingerprint density at radius 3 is 2.92 bits per heavy atom. The molecule has 2 aromatic heterocycles. The SMILES string of the molecule is COc1ccc2c(C)cc3nnc(S[C@H]4CCCCC4=O)n3c2c1. The van der Waals surface area contributed by atoms with E-state index in [9.17, 15) is 4.79 Å². The number of methoxy groups -OCH3 is 1. The second kappa shape index (κ2) is 6.09. The molecule has 0 saturated heterocycles. The summed E-state index contributed by atoms with van der Waals surface area (Å²) in [4.78, 5) is 12.2. The van der Waals surface area contributed by atoms with Gasteiger partial charge in [0.05, 0.1) is 17.9 Å². The fraction of sp³-hybridized carbons (Fsp3) is 0.389. The minimum absolute atomic E-state index is 0.00638. The number of hydrogen-bond acceptors (Lipinski definition) is 5. The van der Waals surface area contributed by atoms with Crippen LogP contribution in [0.25, 0.3) is 16.6 Å². The van der Waals surface area contributed by atoms with Gasteiger partial charge in [0.1, 0.15) is 11.5 Å². The van der Waals surface area contributed by atoms with E-state index in [4.69, 9.17) is 4.74 Å². The van der Waals surface area contributed by atoms with Gasteiger partial charge in [0, 0.05) is 17.9 Å². The third-order valence-electron chi connectivity index (χ3n) is 4.62. The van der Waals surface area contributed by atoms with E-state index in [0.717, 1.165) is 52.3 Å². The molecule has 0 spiro atoms. The predicted octanol–water partition coefficient (Wildman–Crippen LogP) is 3.80. The van der Waals surface area contributed by atoms with E-state index in [1.54, 1.807) is 18.9 Å². The van der Waals surface area contributed by atoms with Crippen LogP contribution >= 0.6 is 11.8 Å². The highest BCUT2D eigenvalue weighted by molar-refractivity contribution is 8.00. The molecule has 0 N–H and O–H groups in total. The molecule has 0 aliphatic heterocycles. The van der Waals surface area contributed by atoms with Crippen molar-refractivity contribution in [2.45, 2.75) is 43.0 Å². The summed E-state index contributed by atoms with van der Waals surface area (Å²) in [6.45, 7) is 2.07. The van der Waals surface area contributed by atoms with Crippen LogP contribution in [0.4, 0.5) is 0 Å². The Morgan fingerprint density at radius 1 is 1.25 bits per heavy atom. The second-order valence-corrected chi connectivity index (χ2v) is 7.38. The number of ketones is 1. The smallest absolute Gasteiger partial charge is 0.196 e. The highest BCUT2D eigenvalue weighted by Crippen LogP contribution is 2.33. The van der Waals surface area contributed by atoms with Crippen molar-refractivity contribution >= 4 is 34.1 Å². The van der Waals surface area contributed by atoms with Crippen LogP contribution in [0.3, 0.4) is 0 Å². The van der Waals surface area contributed by atoms with Gasteiger partial charge in [-0.15, -0.1) is 10.2 Å². The molecule has 3 aromatic rings. The molecule has 24 heavy (non-hydrogen) atoms. The van der Waals surface area contributed by atoms with Gasteiger partial charge < -0.3 is 4.74 Å². The molecule has 1 aliphatic carbocycles. The van der Waals surface area contributed by atoms with Gasteiger partial charge >= 0.3 is 0 Å². The molecular formula is C18H19N3O2S. The van der Waals surface area contributed by atoms with Crippen LogP contribution in [0.1, 0.15) is 31.2 Å². The maximum atomic E-state index is 12.2. The van der Waals surface area contributed by atoms with Crippen molar-refractivity contribution in [1.82, 2.24) is 14.6 Å². The van der Waals surface area contributed by atoms with E-state index in [1.165, 1.54) is 0 Å². The average molecular weight is 341 g/mol. The normalized spacial score (nSPS) is 18.4. The summed E-state index contributed by atoms with van der Waals surface area (Å²) in [5.41, 5.74) is 2.97. The number of thioether (sulfide) groups is 1. The lowest BCUT2D eigenvalue weighted by Crippen LogP contribution is -2.21. The van der Waals surface area contributed by atoms with Crippen LogP contribution in [0, 0.1) is 6.92 Å². The summed E-state index contributed by atoms with van der Waals surface area (Å²) in [7, 11) is 1.66. The van der Waals surface area contributed by atoms with Crippen LogP contribution in [-0.4, -0.2) is 32.7 Å². The van der Waals surface area contributed by atoms with Gasteiger partial charge in [-0.1, -0.05) is 18.2 Å². The third-order valence-corrected chi connectivity index (χ3v) is 5.88. The van der Waals surface area contributed by atoms with E-state index in [0.29, 0.717) is 12.2 Å². The quantitative estimate of drug-likeness (QED) is 0.725.